The average Bonchev–Trinajstić information content (AvgIpc) is 3.18. The van der Waals surface area contributed by atoms with Gasteiger partial charge in [-0.15, -0.1) is 0 Å². The summed E-state index contributed by atoms with van der Waals surface area (Å²) < 4.78 is 10.9. The van der Waals surface area contributed by atoms with Crippen molar-refractivity contribution in [3.63, 3.8) is 0 Å². The third-order valence-electron chi connectivity index (χ3n) is 4.52. The van der Waals surface area contributed by atoms with Crippen molar-refractivity contribution in [2.24, 2.45) is 5.10 Å². The molecule has 30 heavy (non-hydrogen) atoms. The van der Waals surface area contributed by atoms with E-state index in [0.29, 0.717) is 22.8 Å². The van der Waals surface area contributed by atoms with Crippen molar-refractivity contribution in [1.29, 1.82) is 0 Å². The molecular weight excluding hydrogens is 386 g/mol. The minimum absolute atomic E-state index is 0.0736. The van der Waals surface area contributed by atoms with Crippen LogP contribution in [0.5, 0.6) is 5.75 Å². The molecule has 1 aromatic heterocycles. The van der Waals surface area contributed by atoms with Gasteiger partial charge in [0.25, 0.3) is 5.69 Å². The Kier molecular flexibility index (Phi) is 6.26. The van der Waals surface area contributed by atoms with E-state index < -0.39 is 4.92 Å². The normalized spacial score (nSPS) is 10.9. The highest BCUT2D eigenvalue weighted by Gasteiger charge is 2.15. The lowest BCUT2D eigenvalue weighted by molar-refractivity contribution is -0.384. The molecule has 2 aromatic carbocycles. The number of rotatable bonds is 7. The molecule has 0 atom stereocenters. The van der Waals surface area contributed by atoms with Crippen LogP contribution in [0.4, 0.5) is 5.69 Å². The van der Waals surface area contributed by atoms with Crippen LogP contribution in [0.1, 0.15) is 22.5 Å². The molecule has 8 nitrogen and oxygen atoms in total. The molecule has 0 radical (unpaired) electrons. The summed E-state index contributed by atoms with van der Waals surface area (Å²) in [5.41, 5.74) is 6.08. The lowest BCUT2D eigenvalue weighted by Crippen LogP contribution is -2.20. The predicted octanol–water partition coefficient (Wildman–Crippen LogP) is 4.17. The molecule has 0 saturated heterocycles. The van der Waals surface area contributed by atoms with Crippen molar-refractivity contribution in [1.82, 2.24) is 5.43 Å². The second-order valence-corrected chi connectivity index (χ2v) is 6.74. The standard InChI is InChI=1S/C22H21N3O5/c1-14-4-5-15(2)16(10-14)11-22(26)24-23-13-18-7-9-20(30-18)19-8-6-17(25(27)28)12-21(19)29-3/h4-10,12-13H,11H2,1-3H3,(H,24,26)/b23-13-. The molecule has 3 aromatic rings. The van der Waals surface area contributed by atoms with Gasteiger partial charge in [0.1, 0.15) is 17.3 Å². The summed E-state index contributed by atoms with van der Waals surface area (Å²) in [5.74, 6) is 0.968. The second kappa shape index (κ2) is 9.04. The summed E-state index contributed by atoms with van der Waals surface area (Å²) >= 11 is 0. The maximum Gasteiger partial charge on any atom is 0.273 e. The number of benzene rings is 2. The van der Waals surface area contributed by atoms with Crippen LogP contribution >= 0.6 is 0 Å². The number of aryl methyl sites for hydroxylation is 2. The van der Waals surface area contributed by atoms with Crippen molar-refractivity contribution in [2.75, 3.05) is 7.11 Å². The molecule has 0 fully saturated rings. The molecule has 0 aliphatic rings. The molecule has 3 rings (SSSR count). The molecule has 0 aliphatic heterocycles. The first-order valence-corrected chi connectivity index (χ1v) is 9.18. The largest absolute Gasteiger partial charge is 0.496 e. The molecule has 154 valence electrons. The van der Waals surface area contributed by atoms with Crippen molar-refractivity contribution in [3.05, 3.63) is 81.1 Å². The van der Waals surface area contributed by atoms with Gasteiger partial charge in [-0.1, -0.05) is 23.8 Å². The molecule has 0 unspecified atom stereocenters. The van der Waals surface area contributed by atoms with E-state index >= 15 is 0 Å². The second-order valence-electron chi connectivity index (χ2n) is 6.74. The van der Waals surface area contributed by atoms with Gasteiger partial charge in [0.05, 0.1) is 36.3 Å². The Bertz CT molecular complexity index is 1120. The van der Waals surface area contributed by atoms with Gasteiger partial charge < -0.3 is 9.15 Å². The molecule has 0 spiro atoms. The molecule has 0 bridgehead atoms. The van der Waals surface area contributed by atoms with E-state index in [4.69, 9.17) is 9.15 Å². The number of carbonyl (C=O) groups excluding carboxylic acids is 1. The quantitative estimate of drug-likeness (QED) is 0.359. The van der Waals surface area contributed by atoms with Crippen molar-refractivity contribution >= 4 is 17.8 Å². The van der Waals surface area contributed by atoms with Crippen LogP contribution < -0.4 is 10.2 Å². The number of amides is 1. The van der Waals surface area contributed by atoms with Gasteiger partial charge in [-0.3, -0.25) is 14.9 Å². The molecule has 1 amide bonds. The number of furan rings is 1. The first-order valence-electron chi connectivity index (χ1n) is 9.18. The Morgan fingerprint density at radius 2 is 2.00 bits per heavy atom. The van der Waals surface area contributed by atoms with Gasteiger partial charge in [-0.05, 0) is 43.2 Å². The van der Waals surface area contributed by atoms with Crippen LogP contribution in [0, 0.1) is 24.0 Å². The number of nitrogens with zero attached hydrogens (tertiary/aromatic N) is 2. The number of non-ortho nitro benzene ring substituents is 1. The Labute approximate surface area is 173 Å². The van der Waals surface area contributed by atoms with Gasteiger partial charge in [-0.25, -0.2) is 5.43 Å². The van der Waals surface area contributed by atoms with Gasteiger partial charge >= 0.3 is 0 Å². The van der Waals surface area contributed by atoms with Crippen LogP contribution in [0.25, 0.3) is 11.3 Å². The number of nitro groups is 1. The fourth-order valence-corrected chi connectivity index (χ4v) is 2.94. The lowest BCUT2D eigenvalue weighted by Gasteiger charge is -2.06. The Hall–Kier alpha value is -3.94. The summed E-state index contributed by atoms with van der Waals surface area (Å²) in [6, 6.07) is 13.6. The summed E-state index contributed by atoms with van der Waals surface area (Å²) in [6.45, 7) is 3.94. The van der Waals surface area contributed by atoms with Crippen molar-refractivity contribution in [2.45, 2.75) is 20.3 Å². The van der Waals surface area contributed by atoms with Gasteiger partial charge in [0, 0.05) is 6.07 Å². The lowest BCUT2D eigenvalue weighted by atomic mass is 10.0. The van der Waals surface area contributed by atoms with E-state index in [1.165, 1.54) is 25.5 Å². The highest BCUT2D eigenvalue weighted by atomic mass is 16.6. The minimum Gasteiger partial charge on any atom is -0.496 e. The van der Waals surface area contributed by atoms with Crippen LogP contribution in [-0.4, -0.2) is 24.2 Å². The number of hydrogen-bond acceptors (Lipinski definition) is 6. The summed E-state index contributed by atoms with van der Waals surface area (Å²) in [4.78, 5) is 22.6. The van der Waals surface area contributed by atoms with E-state index in [1.807, 2.05) is 32.0 Å². The number of carbonyl (C=O) groups is 1. The van der Waals surface area contributed by atoms with Gasteiger partial charge in [0.2, 0.25) is 5.91 Å². The Morgan fingerprint density at radius 1 is 1.20 bits per heavy atom. The van der Waals surface area contributed by atoms with Crippen molar-refractivity contribution < 1.29 is 18.9 Å². The van der Waals surface area contributed by atoms with E-state index in [0.717, 1.165) is 16.7 Å². The minimum atomic E-state index is -0.493. The fourth-order valence-electron chi connectivity index (χ4n) is 2.94. The van der Waals surface area contributed by atoms with Gasteiger partial charge in [0.15, 0.2) is 0 Å². The zero-order valence-electron chi connectivity index (χ0n) is 16.8. The number of hydrogen-bond donors (Lipinski definition) is 1. The molecule has 1 N–H and O–H groups in total. The highest BCUT2D eigenvalue weighted by molar-refractivity contribution is 5.82. The number of methoxy groups -OCH3 is 1. The molecule has 8 heteroatoms. The smallest absolute Gasteiger partial charge is 0.273 e. The number of ether oxygens (including phenoxy) is 1. The van der Waals surface area contributed by atoms with Crippen LogP contribution in [-0.2, 0) is 11.2 Å². The molecule has 1 heterocycles. The third-order valence-corrected chi connectivity index (χ3v) is 4.52. The molecular formula is C22H21N3O5. The first kappa shape index (κ1) is 20.8. The Balaban J connectivity index is 1.67. The number of hydrazone groups is 1. The zero-order valence-corrected chi connectivity index (χ0v) is 16.8. The summed E-state index contributed by atoms with van der Waals surface area (Å²) in [6.07, 6.45) is 1.62. The summed E-state index contributed by atoms with van der Waals surface area (Å²) in [7, 11) is 1.43. The summed E-state index contributed by atoms with van der Waals surface area (Å²) in [5, 5.41) is 14.9. The fraction of sp³-hybridized carbons (Fsp3) is 0.182. The van der Waals surface area contributed by atoms with Crippen LogP contribution in [0.2, 0.25) is 0 Å². The zero-order chi connectivity index (χ0) is 21.7. The van der Waals surface area contributed by atoms with Gasteiger partial charge in [-0.2, -0.15) is 5.10 Å². The topological polar surface area (TPSA) is 107 Å². The maximum absolute atomic E-state index is 12.1. The highest BCUT2D eigenvalue weighted by Crippen LogP contribution is 2.34. The number of nitrogens with one attached hydrogen (secondary N) is 1. The van der Waals surface area contributed by atoms with Crippen molar-refractivity contribution in [3.8, 4) is 17.1 Å². The predicted molar refractivity (Wildman–Crippen MR) is 113 cm³/mol. The SMILES string of the molecule is COc1cc([N+](=O)[O-])ccc1-c1ccc(/C=N\NC(=O)Cc2cc(C)ccc2C)o1. The van der Waals surface area contributed by atoms with Crippen LogP contribution in [0.3, 0.4) is 0 Å². The Morgan fingerprint density at radius 3 is 2.73 bits per heavy atom. The van der Waals surface area contributed by atoms with E-state index in [-0.39, 0.29) is 18.0 Å². The van der Waals surface area contributed by atoms with Crippen LogP contribution in [0.15, 0.2) is 58.0 Å². The number of nitro benzene ring substituents is 1. The van der Waals surface area contributed by atoms with E-state index in [1.54, 1.807) is 18.2 Å². The van der Waals surface area contributed by atoms with E-state index in [2.05, 4.69) is 10.5 Å². The first-order chi connectivity index (χ1) is 14.4. The molecule has 0 saturated carbocycles. The van der Waals surface area contributed by atoms with E-state index in [9.17, 15) is 14.9 Å². The molecule has 0 aliphatic carbocycles. The average molecular weight is 407 g/mol. The third kappa shape index (κ3) is 4.91. The monoisotopic (exact) mass is 407 g/mol. The maximum atomic E-state index is 12.1.